The molecule has 2 nitrogen and oxygen atoms in total. The molecule has 0 spiro atoms. The van der Waals surface area contributed by atoms with Crippen molar-refractivity contribution < 1.29 is 4.74 Å². The van der Waals surface area contributed by atoms with E-state index in [2.05, 4.69) is 23.5 Å². The van der Waals surface area contributed by atoms with Crippen LogP contribution in [0, 0.1) is 6.07 Å². The van der Waals surface area contributed by atoms with Gasteiger partial charge in [0, 0.05) is 24.1 Å². The average Bonchev–Trinajstić information content (AvgIpc) is 2.26. The second-order valence-electron chi connectivity index (χ2n) is 3.43. The topological polar surface area (TPSA) is 21.3 Å². The third-order valence-corrected chi connectivity index (χ3v) is 2.47. The zero-order valence-electron chi connectivity index (χ0n) is 7.71. The Balaban J connectivity index is 2.03. The molecule has 0 aliphatic carbocycles. The van der Waals surface area contributed by atoms with Gasteiger partial charge in [-0.05, 0) is 12.1 Å². The summed E-state index contributed by atoms with van der Waals surface area (Å²) >= 11 is 0. The van der Waals surface area contributed by atoms with Crippen molar-refractivity contribution in [2.75, 3.05) is 6.54 Å². The maximum atomic E-state index is 5.72. The van der Waals surface area contributed by atoms with Crippen LogP contribution in [-0.2, 0) is 6.42 Å². The second kappa shape index (κ2) is 2.91. The molecule has 0 bridgehead atoms. The van der Waals surface area contributed by atoms with Gasteiger partial charge in [0.2, 0.25) is 0 Å². The van der Waals surface area contributed by atoms with Crippen LogP contribution < -0.4 is 10.1 Å². The normalized spacial score (nSPS) is 18.0. The van der Waals surface area contributed by atoms with Gasteiger partial charge in [0.1, 0.15) is 5.75 Å². The lowest BCUT2D eigenvalue weighted by atomic mass is 10.0. The summed E-state index contributed by atoms with van der Waals surface area (Å²) in [6.07, 6.45) is 5.14. The number of fused-ring (bicyclic) bond motifs is 1. The molecule has 0 aromatic heterocycles. The number of rotatable bonds is 0. The van der Waals surface area contributed by atoms with Gasteiger partial charge >= 0.3 is 0 Å². The summed E-state index contributed by atoms with van der Waals surface area (Å²) in [7, 11) is 0. The Labute approximate surface area is 82.9 Å². The molecule has 0 saturated carbocycles. The van der Waals surface area contributed by atoms with E-state index < -0.39 is 0 Å². The third kappa shape index (κ3) is 1.11. The first kappa shape index (κ1) is 7.68. The number of nitrogens with one attached hydrogen (secondary N) is 1. The van der Waals surface area contributed by atoms with Crippen molar-refractivity contribution >= 4 is 0 Å². The van der Waals surface area contributed by atoms with Crippen molar-refractivity contribution in [3.63, 3.8) is 0 Å². The van der Waals surface area contributed by atoms with Crippen molar-refractivity contribution in [2.45, 2.75) is 6.42 Å². The first-order valence-corrected chi connectivity index (χ1v) is 4.74. The van der Waals surface area contributed by atoms with Gasteiger partial charge in [-0.3, -0.25) is 0 Å². The Hall–Kier alpha value is -1.70. The highest BCUT2D eigenvalue weighted by atomic mass is 16.5. The van der Waals surface area contributed by atoms with Gasteiger partial charge in [-0.15, -0.1) is 0 Å². The highest BCUT2D eigenvalue weighted by Crippen LogP contribution is 2.29. The van der Waals surface area contributed by atoms with E-state index in [9.17, 15) is 0 Å². The van der Waals surface area contributed by atoms with Crippen LogP contribution in [-0.4, -0.2) is 6.54 Å². The van der Waals surface area contributed by atoms with Crippen LogP contribution in [0.5, 0.6) is 5.75 Å². The van der Waals surface area contributed by atoms with Crippen LogP contribution in [0.15, 0.2) is 41.8 Å². The van der Waals surface area contributed by atoms with Crippen LogP contribution >= 0.6 is 0 Å². The van der Waals surface area contributed by atoms with E-state index in [4.69, 9.17) is 4.74 Å². The number of dihydropyridines is 1. The molecule has 2 heteroatoms. The van der Waals surface area contributed by atoms with E-state index in [1.165, 1.54) is 5.57 Å². The first-order valence-electron chi connectivity index (χ1n) is 4.74. The fourth-order valence-corrected chi connectivity index (χ4v) is 1.77. The van der Waals surface area contributed by atoms with Crippen LogP contribution in [0.3, 0.4) is 0 Å². The van der Waals surface area contributed by atoms with E-state index in [0.29, 0.717) is 0 Å². The zero-order chi connectivity index (χ0) is 9.38. The summed E-state index contributed by atoms with van der Waals surface area (Å²) < 4.78 is 5.72. The molecule has 0 fully saturated rings. The molecule has 1 aromatic rings. The third-order valence-electron chi connectivity index (χ3n) is 2.47. The van der Waals surface area contributed by atoms with Crippen molar-refractivity contribution in [3.05, 3.63) is 53.4 Å². The van der Waals surface area contributed by atoms with E-state index in [0.717, 1.165) is 30.2 Å². The van der Waals surface area contributed by atoms with Crippen molar-refractivity contribution in [1.82, 2.24) is 5.32 Å². The molecule has 0 amide bonds. The lowest BCUT2D eigenvalue weighted by molar-refractivity contribution is 0.364. The predicted octanol–water partition coefficient (Wildman–Crippen LogP) is 1.79. The molecule has 14 heavy (non-hydrogen) atoms. The highest BCUT2D eigenvalue weighted by molar-refractivity contribution is 5.44. The first-order chi connectivity index (χ1) is 6.93. The second-order valence-corrected chi connectivity index (χ2v) is 3.43. The molecule has 2 aliphatic heterocycles. The quantitative estimate of drug-likeness (QED) is 0.663. The summed E-state index contributed by atoms with van der Waals surface area (Å²) in [5.41, 5.74) is 2.35. The number of hydrogen-bond donors (Lipinski definition) is 1. The smallest absolute Gasteiger partial charge is 0.197 e. The van der Waals surface area contributed by atoms with E-state index in [1.807, 2.05) is 18.2 Å². The van der Waals surface area contributed by atoms with Gasteiger partial charge in [-0.2, -0.15) is 0 Å². The molecule has 1 radical (unpaired) electrons. The van der Waals surface area contributed by atoms with E-state index >= 15 is 0 Å². The predicted molar refractivity (Wildman–Crippen MR) is 53.8 cm³/mol. The number of allylic oxidation sites excluding steroid dienone is 2. The monoisotopic (exact) mass is 184 g/mol. The fourth-order valence-electron chi connectivity index (χ4n) is 1.77. The van der Waals surface area contributed by atoms with Crippen molar-refractivity contribution in [3.8, 4) is 5.75 Å². The Morgan fingerprint density at radius 3 is 3.43 bits per heavy atom. The molecule has 2 heterocycles. The molecule has 1 N–H and O–H groups in total. The van der Waals surface area contributed by atoms with Gasteiger partial charge < -0.3 is 10.1 Å². The molecular weight excluding hydrogens is 174 g/mol. The van der Waals surface area contributed by atoms with Crippen molar-refractivity contribution in [2.24, 2.45) is 0 Å². The van der Waals surface area contributed by atoms with E-state index in [1.54, 1.807) is 0 Å². The minimum absolute atomic E-state index is 0.852. The lowest BCUT2D eigenvalue weighted by Crippen LogP contribution is -2.26. The molecule has 69 valence electrons. The van der Waals surface area contributed by atoms with Gasteiger partial charge in [0.15, 0.2) is 5.88 Å². The molecule has 3 rings (SSSR count). The molecule has 1 aromatic carbocycles. The zero-order valence-corrected chi connectivity index (χ0v) is 7.71. The van der Waals surface area contributed by atoms with Crippen LogP contribution in [0.2, 0.25) is 0 Å². The molecule has 0 saturated heterocycles. The number of benzene rings is 1. The van der Waals surface area contributed by atoms with Gasteiger partial charge in [0.25, 0.3) is 0 Å². The summed E-state index contributed by atoms with van der Waals surface area (Å²) in [4.78, 5) is 0. The minimum atomic E-state index is 0.852. The standard InChI is InChI=1S/C12H10NO/c1-2-6-11-9(4-1)8-10-5-3-7-13-12(10)14-11/h1-3,5-6,13H,7-8H2. The molecule has 0 unspecified atom stereocenters. The Bertz CT molecular complexity index is 432. The summed E-state index contributed by atoms with van der Waals surface area (Å²) in [6, 6.07) is 9.05. The number of hydrogen-bond acceptors (Lipinski definition) is 2. The Kier molecular flexibility index (Phi) is 1.60. The van der Waals surface area contributed by atoms with Crippen LogP contribution in [0.25, 0.3) is 0 Å². The summed E-state index contributed by atoms with van der Waals surface area (Å²) in [5.74, 6) is 1.83. The summed E-state index contributed by atoms with van der Waals surface area (Å²) in [6.45, 7) is 0.852. The largest absolute Gasteiger partial charge is 0.441 e. The fraction of sp³-hybridized carbons (Fsp3) is 0.167. The van der Waals surface area contributed by atoms with Crippen LogP contribution in [0.1, 0.15) is 5.56 Å². The highest BCUT2D eigenvalue weighted by Gasteiger charge is 2.18. The summed E-state index contributed by atoms with van der Waals surface area (Å²) in [5, 5.41) is 3.22. The SMILES string of the molecule is [c]1cccc2c1CC1=C(NCC=C1)O2. The Morgan fingerprint density at radius 1 is 1.43 bits per heavy atom. The number of ether oxygens (including phenoxy) is 1. The van der Waals surface area contributed by atoms with Gasteiger partial charge in [-0.1, -0.05) is 24.3 Å². The minimum Gasteiger partial charge on any atom is -0.441 e. The molecule has 2 aliphatic rings. The maximum Gasteiger partial charge on any atom is 0.197 e. The van der Waals surface area contributed by atoms with Crippen molar-refractivity contribution in [1.29, 1.82) is 0 Å². The lowest BCUT2D eigenvalue weighted by Gasteiger charge is -2.24. The van der Waals surface area contributed by atoms with Gasteiger partial charge in [0.05, 0.1) is 0 Å². The Morgan fingerprint density at radius 2 is 2.43 bits per heavy atom. The van der Waals surface area contributed by atoms with Gasteiger partial charge in [-0.25, -0.2) is 0 Å². The average molecular weight is 184 g/mol. The molecular formula is C12H10NO. The van der Waals surface area contributed by atoms with Crippen LogP contribution in [0.4, 0.5) is 0 Å². The molecule has 0 atom stereocenters. The van der Waals surface area contributed by atoms with E-state index in [-0.39, 0.29) is 0 Å². The maximum absolute atomic E-state index is 5.72.